The van der Waals surface area contributed by atoms with Crippen molar-refractivity contribution in [3.8, 4) is 0 Å². The zero-order valence-electron chi connectivity index (χ0n) is 11.1. The second-order valence-corrected chi connectivity index (χ2v) is 6.31. The minimum Gasteiger partial charge on any atom is -0.374 e. The van der Waals surface area contributed by atoms with Crippen molar-refractivity contribution in [3.63, 3.8) is 0 Å². The molecule has 102 valence electrons. The Bertz CT molecular complexity index is 471. The van der Waals surface area contributed by atoms with Crippen molar-refractivity contribution >= 4 is 15.7 Å². The summed E-state index contributed by atoms with van der Waals surface area (Å²) in [7, 11) is 0.0102. The summed E-state index contributed by atoms with van der Waals surface area (Å²) >= 11 is 0. The van der Waals surface area contributed by atoms with E-state index in [1.54, 1.807) is 24.3 Å². The zero-order valence-corrected chi connectivity index (χ0v) is 11.9. The highest BCUT2D eigenvalue weighted by Crippen LogP contribution is 2.17. The van der Waals surface area contributed by atoms with E-state index < -0.39 is 10.0 Å². The van der Waals surface area contributed by atoms with E-state index in [4.69, 9.17) is 5.73 Å². The number of nitrogens with two attached hydrogens (primary N) is 1. The Morgan fingerprint density at radius 3 is 2.33 bits per heavy atom. The first-order valence-corrected chi connectivity index (χ1v) is 7.34. The van der Waals surface area contributed by atoms with Crippen LogP contribution in [-0.4, -0.2) is 35.6 Å². The highest BCUT2D eigenvalue weighted by Gasteiger charge is 2.12. The van der Waals surface area contributed by atoms with Crippen LogP contribution in [0.15, 0.2) is 29.2 Å². The molecule has 0 saturated heterocycles. The van der Waals surface area contributed by atoms with Crippen LogP contribution in [0.4, 0.5) is 5.69 Å². The van der Waals surface area contributed by atoms with Gasteiger partial charge >= 0.3 is 0 Å². The summed E-state index contributed by atoms with van der Waals surface area (Å²) in [5.74, 6) is 0.399. The molecule has 0 bridgehead atoms. The lowest BCUT2D eigenvalue weighted by Crippen LogP contribution is -2.28. The SMILES string of the molecule is CNS(=O)(=O)c1ccc(N(C)CC(C)CN)cc1. The van der Waals surface area contributed by atoms with Crippen molar-refractivity contribution in [3.05, 3.63) is 24.3 Å². The minimum absolute atomic E-state index is 0.272. The van der Waals surface area contributed by atoms with Gasteiger partial charge in [0.2, 0.25) is 10.0 Å². The van der Waals surface area contributed by atoms with Gasteiger partial charge in [0.05, 0.1) is 4.90 Å². The lowest BCUT2D eigenvalue weighted by Gasteiger charge is -2.22. The molecule has 5 nitrogen and oxygen atoms in total. The van der Waals surface area contributed by atoms with E-state index in [9.17, 15) is 8.42 Å². The maximum Gasteiger partial charge on any atom is 0.240 e. The molecule has 0 heterocycles. The Hall–Kier alpha value is -1.11. The zero-order chi connectivity index (χ0) is 13.8. The number of sulfonamides is 1. The minimum atomic E-state index is -3.36. The molecule has 0 aliphatic carbocycles. The molecular formula is C12H21N3O2S. The normalized spacial score (nSPS) is 13.3. The molecule has 0 amide bonds. The van der Waals surface area contributed by atoms with Crippen molar-refractivity contribution in [1.29, 1.82) is 0 Å². The molecule has 1 aromatic rings. The molecule has 0 saturated carbocycles. The Morgan fingerprint density at radius 1 is 1.33 bits per heavy atom. The molecule has 1 aromatic carbocycles. The van der Waals surface area contributed by atoms with E-state index in [1.165, 1.54) is 7.05 Å². The number of hydrogen-bond acceptors (Lipinski definition) is 4. The van der Waals surface area contributed by atoms with Gasteiger partial charge in [-0.1, -0.05) is 6.92 Å². The highest BCUT2D eigenvalue weighted by atomic mass is 32.2. The lowest BCUT2D eigenvalue weighted by molar-refractivity contribution is 0.587. The average Bonchev–Trinajstić information content (AvgIpc) is 2.38. The van der Waals surface area contributed by atoms with Gasteiger partial charge in [0.1, 0.15) is 0 Å². The Morgan fingerprint density at radius 2 is 1.89 bits per heavy atom. The molecule has 3 N–H and O–H groups in total. The third-order valence-corrected chi connectivity index (χ3v) is 4.27. The Balaban J connectivity index is 2.83. The molecule has 0 aromatic heterocycles. The summed E-state index contributed by atoms with van der Waals surface area (Å²) in [6.45, 7) is 3.56. The molecule has 0 aliphatic rings. The lowest BCUT2D eigenvalue weighted by atomic mass is 10.1. The van der Waals surface area contributed by atoms with Crippen LogP contribution in [0.2, 0.25) is 0 Å². The van der Waals surface area contributed by atoms with Gasteiger partial charge in [0.25, 0.3) is 0 Å². The maximum atomic E-state index is 11.6. The van der Waals surface area contributed by atoms with Gasteiger partial charge in [0.15, 0.2) is 0 Å². The predicted molar refractivity (Wildman–Crippen MR) is 74.2 cm³/mol. The van der Waals surface area contributed by atoms with Gasteiger partial charge in [-0.25, -0.2) is 13.1 Å². The van der Waals surface area contributed by atoms with Crippen LogP contribution in [0.25, 0.3) is 0 Å². The first-order valence-electron chi connectivity index (χ1n) is 5.85. The van der Waals surface area contributed by atoms with Crippen molar-refractivity contribution in [2.24, 2.45) is 11.7 Å². The molecule has 0 fully saturated rings. The third-order valence-electron chi connectivity index (χ3n) is 2.84. The van der Waals surface area contributed by atoms with E-state index >= 15 is 0 Å². The number of rotatable bonds is 6. The molecule has 6 heteroatoms. The summed E-state index contributed by atoms with van der Waals surface area (Å²) in [5.41, 5.74) is 6.56. The summed E-state index contributed by atoms with van der Waals surface area (Å²) < 4.78 is 25.4. The van der Waals surface area contributed by atoms with Crippen LogP contribution in [0.3, 0.4) is 0 Å². The van der Waals surface area contributed by atoms with E-state index in [1.807, 2.05) is 7.05 Å². The smallest absolute Gasteiger partial charge is 0.240 e. The molecule has 1 atom stereocenters. The third kappa shape index (κ3) is 3.69. The number of benzene rings is 1. The van der Waals surface area contributed by atoms with E-state index in [-0.39, 0.29) is 4.90 Å². The molecule has 1 rings (SSSR count). The number of hydrogen-bond donors (Lipinski definition) is 2. The van der Waals surface area contributed by atoms with E-state index in [0.29, 0.717) is 12.5 Å². The van der Waals surface area contributed by atoms with Crippen LogP contribution in [-0.2, 0) is 10.0 Å². The standard InChI is InChI=1S/C12H21N3O2S/c1-10(8-13)9-15(3)11-4-6-12(7-5-11)18(16,17)14-2/h4-7,10,14H,8-9,13H2,1-3H3. The molecule has 18 heavy (non-hydrogen) atoms. The van der Waals surface area contributed by atoms with Gasteiger partial charge in [-0.15, -0.1) is 0 Å². The van der Waals surface area contributed by atoms with E-state index in [2.05, 4.69) is 16.5 Å². The van der Waals surface area contributed by atoms with Gasteiger partial charge in [0, 0.05) is 19.3 Å². The van der Waals surface area contributed by atoms with Gasteiger partial charge in [-0.3, -0.25) is 0 Å². The molecule has 0 radical (unpaired) electrons. The number of anilines is 1. The van der Waals surface area contributed by atoms with Crippen LogP contribution < -0.4 is 15.4 Å². The molecule has 1 unspecified atom stereocenters. The predicted octanol–water partition coefficient (Wildman–Crippen LogP) is 0.626. The highest BCUT2D eigenvalue weighted by molar-refractivity contribution is 7.89. The van der Waals surface area contributed by atoms with Crippen LogP contribution >= 0.6 is 0 Å². The number of nitrogens with one attached hydrogen (secondary N) is 1. The fourth-order valence-electron chi connectivity index (χ4n) is 1.65. The largest absolute Gasteiger partial charge is 0.374 e. The molecule has 0 aliphatic heterocycles. The van der Waals surface area contributed by atoms with Crippen LogP contribution in [0.5, 0.6) is 0 Å². The topological polar surface area (TPSA) is 75.4 Å². The quantitative estimate of drug-likeness (QED) is 0.795. The van der Waals surface area contributed by atoms with E-state index in [0.717, 1.165) is 12.2 Å². The monoisotopic (exact) mass is 271 g/mol. The van der Waals surface area contributed by atoms with Crippen molar-refractivity contribution in [2.45, 2.75) is 11.8 Å². The first kappa shape index (κ1) is 14.9. The van der Waals surface area contributed by atoms with Gasteiger partial charge < -0.3 is 10.6 Å². The average molecular weight is 271 g/mol. The maximum absolute atomic E-state index is 11.6. The molecular weight excluding hydrogens is 250 g/mol. The second kappa shape index (κ2) is 6.17. The first-order chi connectivity index (χ1) is 8.40. The summed E-state index contributed by atoms with van der Waals surface area (Å²) in [6, 6.07) is 6.80. The van der Waals surface area contributed by atoms with Gasteiger partial charge in [-0.05, 0) is 43.8 Å². The van der Waals surface area contributed by atoms with Crippen LogP contribution in [0, 0.1) is 5.92 Å². The Labute approximate surface area is 109 Å². The number of nitrogens with zero attached hydrogens (tertiary/aromatic N) is 1. The van der Waals surface area contributed by atoms with Crippen molar-refractivity contribution < 1.29 is 8.42 Å². The van der Waals surface area contributed by atoms with Gasteiger partial charge in [-0.2, -0.15) is 0 Å². The summed E-state index contributed by atoms with van der Waals surface area (Å²) in [5, 5.41) is 0. The van der Waals surface area contributed by atoms with Crippen LogP contribution in [0.1, 0.15) is 6.92 Å². The summed E-state index contributed by atoms with van der Waals surface area (Å²) in [4.78, 5) is 2.34. The molecule has 0 spiro atoms. The van der Waals surface area contributed by atoms with Crippen molar-refractivity contribution in [2.75, 3.05) is 32.1 Å². The Kier molecular flexibility index (Phi) is 5.13. The second-order valence-electron chi connectivity index (χ2n) is 4.42. The fourth-order valence-corrected chi connectivity index (χ4v) is 2.38. The summed E-state index contributed by atoms with van der Waals surface area (Å²) in [6.07, 6.45) is 0. The fraction of sp³-hybridized carbons (Fsp3) is 0.500. The van der Waals surface area contributed by atoms with Crippen molar-refractivity contribution in [1.82, 2.24) is 4.72 Å².